The summed E-state index contributed by atoms with van der Waals surface area (Å²) in [5, 5.41) is 0. The Morgan fingerprint density at radius 1 is 0.744 bits per heavy atom. The lowest BCUT2D eigenvalue weighted by Crippen LogP contribution is -2.38. The first-order valence-electron chi connectivity index (χ1n) is 13.9. The highest BCUT2D eigenvalue weighted by Crippen LogP contribution is 2.44. The lowest BCUT2D eigenvalue weighted by atomic mass is 9.71. The summed E-state index contributed by atoms with van der Waals surface area (Å²) in [7, 11) is 0. The number of allylic oxidation sites excluding steroid dienone is 2. The van der Waals surface area contributed by atoms with Crippen LogP contribution in [0.5, 0.6) is 5.75 Å². The van der Waals surface area contributed by atoms with Gasteiger partial charge in [0.05, 0.1) is 5.92 Å². The number of unbranched alkanes of at least 4 members (excludes halogenated alkanes) is 1. The molecule has 2 unspecified atom stereocenters. The molecule has 2 aliphatic rings. The SMILES string of the molecule is CCC1C=CC(C2CCC(C(F)(F)Oc3cc(F)c(CCCCc4cc(F)c(F)c(F)c4)c(F)c3)CC2)CC1. The minimum absolute atomic E-state index is 0.0425. The first-order chi connectivity index (χ1) is 18.6. The van der Waals surface area contributed by atoms with Crippen LogP contribution in [0.1, 0.15) is 75.8 Å². The van der Waals surface area contributed by atoms with Crippen LogP contribution in [-0.4, -0.2) is 6.11 Å². The summed E-state index contributed by atoms with van der Waals surface area (Å²) in [4.78, 5) is 0. The van der Waals surface area contributed by atoms with Crippen molar-refractivity contribution in [3.63, 3.8) is 0 Å². The van der Waals surface area contributed by atoms with E-state index in [1.165, 1.54) is 0 Å². The van der Waals surface area contributed by atoms with Crippen molar-refractivity contribution in [2.75, 3.05) is 0 Å². The molecule has 1 nitrogen and oxygen atoms in total. The molecule has 0 N–H and O–H groups in total. The smallest absolute Gasteiger partial charge is 0.400 e. The fourth-order valence-corrected chi connectivity index (χ4v) is 6.02. The predicted molar refractivity (Wildman–Crippen MR) is 136 cm³/mol. The number of aryl methyl sites for hydroxylation is 1. The molecule has 2 atom stereocenters. The summed E-state index contributed by atoms with van der Waals surface area (Å²) in [6.07, 6.45) is 7.00. The largest absolute Gasteiger partial charge is 0.432 e. The van der Waals surface area contributed by atoms with Gasteiger partial charge < -0.3 is 4.74 Å². The first kappa shape index (κ1) is 29.5. The molecule has 0 bridgehead atoms. The predicted octanol–water partition coefficient (Wildman–Crippen LogP) is 9.72. The van der Waals surface area contributed by atoms with E-state index in [2.05, 4.69) is 19.1 Å². The van der Waals surface area contributed by atoms with E-state index in [4.69, 9.17) is 4.74 Å². The van der Waals surface area contributed by atoms with Crippen LogP contribution < -0.4 is 4.74 Å². The van der Waals surface area contributed by atoms with Crippen molar-refractivity contribution in [1.29, 1.82) is 0 Å². The summed E-state index contributed by atoms with van der Waals surface area (Å²) in [6, 6.07) is 3.32. The van der Waals surface area contributed by atoms with Crippen LogP contribution >= 0.6 is 0 Å². The molecule has 0 aliphatic heterocycles. The van der Waals surface area contributed by atoms with Crippen molar-refractivity contribution in [1.82, 2.24) is 0 Å². The quantitative estimate of drug-likeness (QED) is 0.123. The molecule has 214 valence electrons. The van der Waals surface area contributed by atoms with E-state index in [9.17, 15) is 30.7 Å². The van der Waals surface area contributed by atoms with Gasteiger partial charge in [-0.05, 0) is 106 Å². The molecule has 0 aromatic heterocycles. The van der Waals surface area contributed by atoms with E-state index in [0.29, 0.717) is 49.9 Å². The van der Waals surface area contributed by atoms with Crippen LogP contribution in [0.15, 0.2) is 36.4 Å². The second-order valence-corrected chi connectivity index (χ2v) is 11.0. The zero-order valence-corrected chi connectivity index (χ0v) is 22.1. The third-order valence-corrected chi connectivity index (χ3v) is 8.43. The maximum absolute atomic E-state index is 15.0. The van der Waals surface area contributed by atoms with Gasteiger partial charge in [-0.3, -0.25) is 0 Å². The molecule has 8 heteroatoms. The van der Waals surface area contributed by atoms with Gasteiger partial charge in [0.2, 0.25) is 0 Å². The van der Waals surface area contributed by atoms with E-state index in [1.54, 1.807) is 0 Å². The Morgan fingerprint density at radius 2 is 1.36 bits per heavy atom. The highest BCUT2D eigenvalue weighted by Gasteiger charge is 2.45. The Kier molecular flexibility index (Phi) is 9.65. The minimum Gasteiger partial charge on any atom is -0.432 e. The molecule has 39 heavy (non-hydrogen) atoms. The maximum atomic E-state index is 15.0. The molecule has 0 heterocycles. The van der Waals surface area contributed by atoms with Crippen LogP contribution in [-0.2, 0) is 12.8 Å². The maximum Gasteiger partial charge on any atom is 0.400 e. The van der Waals surface area contributed by atoms with E-state index < -0.39 is 46.9 Å². The highest BCUT2D eigenvalue weighted by atomic mass is 19.3. The highest BCUT2D eigenvalue weighted by molar-refractivity contribution is 5.31. The van der Waals surface area contributed by atoms with Crippen molar-refractivity contribution < 1.29 is 35.5 Å². The molecule has 1 fully saturated rings. The summed E-state index contributed by atoms with van der Waals surface area (Å²) in [5.74, 6) is -6.28. The minimum atomic E-state index is -3.54. The van der Waals surface area contributed by atoms with Gasteiger partial charge in [0.25, 0.3) is 0 Å². The van der Waals surface area contributed by atoms with Crippen LogP contribution in [0.3, 0.4) is 0 Å². The fourth-order valence-electron chi connectivity index (χ4n) is 6.02. The summed E-state index contributed by atoms with van der Waals surface area (Å²) in [6.45, 7) is 2.17. The van der Waals surface area contributed by atoms with Crippen molar-refractivity contribution in [2.45, 2.75) is 83.7 Å². The van der Waals surface area contributed by atoms with Gasteiger partial charge in [-0.25, -0.2) is 22.0 Å². The Bertz CT molecular complexity index is 1110. The third-order valence-electron chi connectivity index (χ3n) is 8.43. The Hall–Kier alpha value is -2.51. The van der Waals surface area contributed by atoms with E-state index in [-0.39, 0.29) is 30.4 Å². The number of alkyl halides is 2. The lowest BCUT2D eigenvalue weighted by molar-refractivity contribution is -0.224. The number of hydrogen-bond acceptors (Lipinski definition) is 1. The molecule has 2 aliphatic carbocycles. The molecule has 1 saturated carbocycles. The topological polar surface area (TPSA) is 9.23 Å². The fraction of sp³-hybridized carbons (Fsp3) is 0.548. The Labute approximate surface area is 225 Å². The van der Waals surface area contributed by atoms with Gasteiger partial charge in [0.15, 0.2) is 17.5 Å². The van der Waals surface area contributed by atoms with Crippen LogP contribution in [0.25, 0.3) is 0 Å². The second kappa shape index (κ2) is 12.8. The second-order valence-electron chi connectivity index (χ2n) is 11.0. The first-order valence-corrected chi connectivity index (χ1v) is 13.9. The number of hydrogen-bond donors (Lipinski definition) is 0. The van der Waals surface area contributed by atoms with Gasteiger partial charge in [-0.2, -0.15) is 8.78 Å². The van der Waals surface area contributed by atoms with Crippen LogP contribution in [0.2, 0.25) is 0 Å². The summed E-state index contributed by atoms with van der Waals surface area (Å²) < 4.78 is 104. The molecule has 2 aromatic rings. The molecule has 0 saturated heterocycles. The van der Waals surface area contributed by atoms with E-state index in [0.717, 1.165) is 43.5 Å². The van der Waals surface area contributed by atoms with Gasteiger partial charge >= 0.3 is 6.11 Å². The van der Waals surface area contributed by atoms with E-state index in [1.807, 2.05) is 0 Å². The van der Waals surface area contributed by atoms with E-state index >= 15 is 0 Å². The number of ether oxygens (including phenoxy) is 1. The third kappa shape index (κ3) is 7.37. The lowest BCUT2D eigenvalue weighted by Gasteiger charge is -2.37. The Balaban J connectivity index is 1.28. The Morgan fingerprint density at radius 3 is 1.92 bits per heavy atom. The molecule has 4 rings (SSSR count). The van der Waals surface area contributed by atoms with Crippen LogP contribution in [0.4, 0.5) is 30.7 Å². The number of rotatable bonds is 10. The zero-order chi connectivity index (χ0) is 28.2. The average molecular weight is 557 g/mol. The standard InChI is InChI=1S/C31H35F7O/c1-2-19-7-9-21(10-8-19)22-11-13-23(14-12-22)31(37,38)39-24-17-26(32)25(27(33)18-24)6-4-3-5-20-15-28(34)30(36)29(35)16-20/h7,9,15-19,21-23H,2-6,8,10-14H2,1H3. The summed E-state index contributed by atoms with van der Waals surface area (Å²) >= 11 is 0. The van der Waals surface area contributed by atoms with Gasteiger partial charge in [-0.15, -0.1) is 0 Å². The summed E-state index contributed by atoms with van der Waals surface area (Å²) in [5.41, 5.74) is -0.0406. The van der Waals surface area contributed by atoms with Crippen molar-refractivity contribution in [3.8, 4) is 5.75 Å². The normalized spacial score (nSPS) is 23.7. The van der Waals surface area contributed by atoms with Crippen molar-refractivity contribution in [3.05, 3.63) is 76.6 Å². The van der Waals surface area contributed by atoms with Gasteiger partial charge in [-0.1, -0.05) is 19.1 Å². The molecule has 2 aromatic carbocycles. The molecular weight excluding hydrogens is 521 g/mol. The molecule has 0 spiro atoms. The number of halogens is 7. The zero-order valence-electron chi connectivity index (χ0n) is 22.1. The number of benzene rings is 2. The van der Waals surface area contributed by atoms with Crippen molar-refractivity contribution in [2.24, 2.45) is 23.7 Å². The molecule has 0 amide bonds. The molecule has 0 radical (unpaired) electrons. The van der Waals surface area contributed by atoms with Crippen LogP contribution in [0, 0.1) is 52.8 Å². The monoisotopic (exact) mass is 556 g/mol. The average Bonchev–Trinajstić information content (AvgIpc) is 2.90. The van der Waals surface area contributed by atoms with Gasteiger partial charge in [0.1, 0.15) is 17.4 Å². The van der Waals surface area contributed by atoms with Crippen molar-refractivity contribution >= 4 is 0 Å². The van der Waals surface area contributed by atoms with Gasteiger partial charge in [0, 0.05) is 17.7 Å². The molecular formula is C31H35F7O.